The number of rotatable bonds is 6. The van der Waals surface area contributed by atoms with Crippen molar-refractivity contribution < 1.29 is 0 Å². The number of nitrogens with one attached hydrogen (secondary N) is 1. The fourth-order valence-electron chi connectivity index (χ4n) is 1.18. The van der Waals surface area contributed by atoms with Crippen molar-refractivity contribution in [3.05, 3.63) is 11.6 Å². The maximum Gasteiger partial charge on any atom is 0.0147 e. The Kier molecular flexibility index (Phi) is 4.66. The molecule has 0 aromatic heterocycles. The van der Waals surface area contributed by atoms with Gasteiger partial charge in [0, 0.05) is 31.2 Å². The maximum absolute atomic E-state index is 5.37. The van der Waals surface area contributed by atoms with Gasteiger partial charge in [-0.05, 0) is 19.9 Å². The molecule has 0 saturated heterocycles. The molecule has 0 heterocycles. The number of hydrogen-bond acceptors (Lipinski definition) is 2. The summed E-state index contributed by atoms with van der Waals surface area (Å²) >= 11 is 5.37. The van der Waals surface area contributed by atoms with Gasteiger partial charge in [-0.2, -0.15) is 0 Å². The molecule has 1 aliphatic rings. The van der Waals surface area contributed by atoms with E-state index in [2.05, 4.69) is 17.3 Å². The zero-order valence-electron chi connectivity index (χ0n) is 7.59. The van der Waals surface area contributed by atoms with Crippen LogP contribution < -0.4 is 5.32 Å². The summed E-state index contributed by atoms with van der Waals surface area (Å²) in [5.41, 5.74) is 1.55. The lowest BCUT2D eigenvalue weighted by atomic mass is 10.5. The first-order valence-corrected chi connectivity index (χ1v) is 4.94. The van der Waals surface area contributed by atoms with E-state index < -0.39 is 0 Å². The van der Waals surface area contributed by atoms with Crippen molar-refractivity contribution in [2.45, 2.75) is 18.9 Å². The molecular formula is C9H17ClN2. The van der Waals surface area contributed by atoms with Gasteiger partial charge in [-0.15, -0.1) is 0 Å². The van der Waals surface area contributed by atoms with E-state index in [1.54, 1.807) is 5.54 Å². The molecule has 0 aromatic carbocycles. The fourth-order valence-corrected chi connectivity index (χ4v) is 1.27. The lowest BCUT2D eigenvalue weighted by Crippen LogP contribution is -2.30. The summed E-state index contributed by atoms with van der Waals surface area (Å²) in [6, 6.07) is 0.871. The van der Waals surface area contributed by atoms with Crippen LogP contribution in [-0.4, -0.2) is 37.6 Å². The van der Waals surface area contributed by atoms with E-state index in [9.17, 15) is 0 Å². The van der Waals surface area contributed by atoms with Crippen LogP contribution in [0.5, 0.6) is 0 Å². The minimum absolute atomic E-state index is 0.871. The van der Waals surface area contributed by atoms with Crippen LogP contribution in [0.15, 0.2) is 11.6 Å². The molecule has 0 amide bonds. The first kappa shape index (κ1) is 10.0. The van der Waals surface area contributed by atoms with Gasteiger partial charge in [0.15, 0.2) is 0 Å². The van der Waals surface area contributed by atoms with Gasteiger partial charge in [0.2, 0.25) is 0 Å². The van der Waals surface area contributed by atoms with Crippen molar-refractivity contribution in [3.63, 3.8) is 0 Å². The average molecular weight is 189 g/mol. The van der Waals surface area contributed by atoms with Crippen LogP contribution in [0.2, 0.25) is 0 Å². The normalized spacial score (nSPS) is 17.9. The first-order chi connectivity index (χ1) is 5.84. The molecule has 1 saturated carbocycles. The van der Waals surface area contributed by atoms with Crippen LogP contribution in [0.3, 0.4) is 0 Å². The summed E-state index contributed by atoms with van der Waals surface area (Å²) < 4.78 is 0. The molecule has 1 rings (SSSR count). The zero-order valence-corrected chi connectivity index (χ0v) is 8.35. The third kappa shape index (κ3) is 4.10. The van der Waals surface area contributed by atoms with E-state index in [4.69, 9.17) is 11.6 Å². The smallest absolute Gasteiger partial charge is 0.0147 e. The highest BCUT2D eigenvalue weighted by molar-refractivity contribution is 6.25. The number of nitrogens with zero attached hydrogens (tertiary/aromatic N) is 1. The highest BCUT2D eigenvalue weighted by Crippen LogP contribution is 2.24. The molecule has 0 radical (unpaired) electrons. The Morgan fingerprint density at radius 2 is 2.33 bits per heavy atom. The quantitative estimate of drug-likeness (QED) is 0.635. The van der Waals surface area contributed by atoms with Crippen molar-refractivity contribution >= 4 is 11.6 Å². The minimum Gasteiger partial charge on any atom is -0.312 e. The van der Waals surface area contributed by atoms with Gasteiger partial charge in [0.25, 0.3) is 0 Å². The Hall–Kier alpha value is -0.0500. The fraction of sp³-hybridized carbons (Fsp3) is 0.778. The van der Waals surface area contributed by atoms with Gasteiger partial charge >= 0.3 is 0 Å². The van der Waals surface area contributed by atoms with Gasteiger partial charge in [-0.3, -0.25) is 0 Å². The Morgan fingerprint density at radius 1 is 1.58 bits per heavy atom. The Bertz CT molecular complexity index is 143. The molecule has 0 atom stereocenters. The molecule has 1 aliphatic carbocycles. The second kappa shape index (κ2) is 5.57. The van der Waals surface area contributed by atoms with E-state index >= 15 is 0 Å². The summed E-state index contributed by atoms with van der Waals surface area (Å²) in [5.74, 6) is 0. The lowest BCUT2D eigenvalue weighted by molar-refractivity contribution is 0.324. The molecule has 0 spiro atoms. The first-order valence-electron chi connectivity index (χ1n) is 4.51. The summed E-state index contributed by atoms with van der Waals surface area (Å²) in [6.45, 7) is 3.07. The van der Waals surface area contributed by atoms with E-state index in [1.807, 2.05) is 6.08 Å². The molecule has 0 bridgehead atoms. The standard InChI is InChI=1S/C9H17ClN2/c1-12(9-3-4-9)8-7-11-6-2-5-10/h2,5,9,11H,3-4,6-8H2,1H3/b5-2+. The van der Waals surface area contributed by atoms with Gasteiger partial charge in [0.05, 0.1) is 0 Å². The Balaban J connectivity index is 1.87. The summed E-state index contributed by atoms with van der Waals surface area (Å²) in [7, 11) is 2.19. The van der Waals surface area contributed by atoms with Crippen molar-refractivity contribution in [3.8, 4) is 0 Å². The summed E-state index contributed by atoms with van der Waals surface area (Å²) in [5, 5.41) is 3.29. The second-order valence-electron chi connectivity index (χ2n) is 3.28. The van der Waals surface area contributed by atoms with Gasteiger partial charge in [0.1, 0.15) is 0 Å². The van der Waals surface area contributed by atoms with Gasteiger partial charge in [-0.1, -0.05) is 17.7 Å². The molecule has 0 aliphatic heterocycles. The van der Waals surface area contributed by atoms with Crippen LogP contribution in [0.25, 0.3) is 0 Å². The highest BCUT2D eigenvalue weighted by Gasteiger charge is 2.25. The van der Waals surface area contributed by atoms with Crippen LogP contribution in [0.1, 0.15) is 12.8 Å². The van der Waals surface area contributed by atoms with Gasteiger partial charge in [-0.25, -0.2) is 0 Å². The molecule has 2 nitrogen and oxygen atoms in total. The van der Waals surface area contributed by atoms with Crippen molar-refractivity contribution in [1.29, 1.82) is 0 Å². The Morgan fingerprint density at radius 3 is 2.92 bits per heavy atom. The van der Waals surface area contributed by atoms with E-state index in [0.717, 1.165) is 25.7 Å². The van der Waals surface area contributed by atoms with Crippen LogP contribution in [-0.2, 0) is 0 Å². The lowest BCUT2D eigenvalue weighted by Gasteiger charge is -2.14. The van der Waals surface area contributed by atoms with Crippen molar-refractivity contribution in [2.75, 3.05) is 26.7 Å². The number of halogens is 1. The predicted octanol–water partition coefficient (Wildman–Crippen LogP) is 1.42. The van der Waals surface area contributed by atoms with Crippen LogP contribution in [0, 0.1) is 0 Å². The van der Waals surface area contributed by atoms with E-state index in [0.29, 0.717) is 0 Å². The monoisotopic (exact) mass is 188 g/mol. The van der Waals surface area contributed by atoms with Crippen LogP contribution in [0.4, 0.5) is 0 Å². The molecular weight excluding hydrogens is 172 g/mol. The molecule has 12 heavy (non-hydrogen) atoms. The zero-order chi connectivity index (χ0) is 8.81. The average Bonchev–Trinajstić information content (AvgIpc) is 2.86. The molecule has 1 N–H and O–H groups in total. The largest absolute Gasteiger partial charge is 0.312 e. The third-order valence-electron chi connectivity index (χ3n) is 2.16. The SMILES string of the molecule is CN(CCNC/C=C/Cl)C1CC1. The Labute approximate surface area is 79.6 Å². The minimum atomic E-state index is 0.871. The highest BCUT2D eigenvalue weighted by atomic mass is 35.5. The summed E-state index contributed by atoms with van der Waals surface area (Å²) in [6.07, 6.45) is 4.69. The van der Waals surface area contributed by atoms with E-state index in [1.165, 1.54) is 12.8 Å². The second-order valence-corrected chi connectivity index (χ2v) is 3.53. The van der Waals surface area contributed by atoms with Crippen molar-refractivity contribution in [2.24, 2.45) is 0 Å². The van der Waals surface area contributed by atoms with Crippen molar-refractivity contribution in [1.82, 2.24) is 10.2 Å². The molecule has 0 aromatic rings. The molecule has 1 fully saturated rings. The summed E-state index contributed by atoms with van der Waals surface area (Å²) in [4.78, 5) is 2.41. The van der Waals surface area contributed by atoms with E-state index in [-0.39, 0.29) is 0 Å². The molecule has 70 valence electrons. The molecule has 0 unspecified atom stereocenters. The predicted molar refractivity (Wildman–Crippen MR) is 53.5 cm³/mol. The maximum atomic E-state index is 5.37. The van der Waals surface area contributed by atoms with Gasteiger partial charge < -0.3 is 10.2 Å². The number of likely N-dealkylation sites (N-methyl/N-ethyl adjacent to an activating group) is 1. The third-order valence-corrected chi connectivity index (χ3v) is 2.34. The van der Waals surface area contributed by atoms with Crippen LogP contribution >= 0.6 is 11.6 Å². The number of hydrogen-bond donors (Lipinski definition) is 1. The topological polar surface area (TPSA) is 15.3 Å². The molecule has 3 heteroatoms.